The van der Waals surface area contributed by atoms with Crippen LogP contribution < -0.4 is 9.80 Å². The molecule has 1 N–H and O–H groups in total. The summed E-state index contributed by atoms with van der Waals surface area (Å²) in [5, 5.41) is 36.3. The molecule has 340 valence electrons. The average Bonchev–Trinajstić information content (AvgIpc) is 3.41. The van der Waals surface area contributed by atoms with Crippen molar-refractivity contribution in [2.45, 2.75) is 83.6 Å². The Bertz CT molecular complexity index is 2660. The average molecular weight is 944 g/mol. The van der Waals surface area contributed by atoms with Crippen molar-refractivity contribution in [2.24, 2.45) is 5.41 Å². The first kappa shape index (κ1) is 52.7. The van der Waals surface area contributed by atoms with Crippen LogP contribution >= 0.6 is 24.0 Å². The molecule has 1 fully saturated rings. The molecule has 0 bridgehead atoms. The minimum Gasteiger partial charge on any atom is -0.481 e. The van der Waals surface area contributed by atoms with Gasteiger partial charge >= 0.3 is 18.3 Å². The number of carbonyl (C=O) groups excluding carboxylic acids is 3. The third-order valence-corrected chi connectivity index (χ3v) is 10.6. The second-order valence-electron chi connectivity index (χ2n) is 15.1. The first-order chi connectivity index (χ1) is 30.1. The van der Waals surface area contributed by atoms with Gasteiger partial charge in [0.25, 0.3) is 5.91 Å². The minimum atomic E-state index is -4.81. The highest BCUT2D eigenvalue weighted by Crippen LogP contribution is 2.40. The summed E-state index contributed by atoms with van der Waals surface area (Å²) in [5.41, 5.74) is -5.01. The maximum Gasteiger partial charge on any atom is 0.417 e. The van der Waals surface area contributed by atoms with Crippen molar-refractivity contribution in [1.29, 1.82) is 15.8 Å². The van der Waals surface area contributed by atoms with Crippen LogP contribution in [0.25, 0.3) is 0 Å². The lowest BCUT2D eigenvalue weighted by Gasteiger charge is -2.29. The summed E-state index contributed by atoms with van der Waals surface area (Å²) in [4.78, 5) is 49.8. The number of thiocarbonyl (C=S) groups is 1. The predicted molar refractivity (Wildman–Crippen MR) is 228 cm³/mol. The number of benzene rings is 4. The molecule has 65 heavy (non-hydrogen) atoms. The van der Waals surface area contributed by atoms with E-state index >= 15 is 0 Å². The van der Waals surface area contributed by atoms with Crippen LogP contribution in [0.5, 0.6) is 0 Å². The van der Waals surface area contributed by atoms with Crippen molar-refractivity contribution in [3.05, 3.63) is 123 Å². The van der Waals surface area contributed by atoms with Gasteiger partial charge in [-0.15, -0.1) is 0 Å². The Balaban J connectivity index is 0.000000287. The number of anilines is 2. The lowest BCUT2D eigenvalue weighted by atomic mass is 9.85. The van der Waals surface area contributed by atoms with Crippen molar-refractivity contribution in [2.75, 3.05) is 9.80 Å². The van der Waals surface area contributed by atoms with Crippen molar-refractivity contribution in [1.82, 2.24) is 0 Å². The first-order valence-corrected chi connectivity index (χ1v) is 20.2. The number of carbonyl (C=O) groups is 4. The van der Waals surface area contributed by atoms with Gasteiger partial charge in [-0.25, -0.2) is 8.78 Å². The second-order valence-corrected chi connectivity index (χ2v) is 16.3. The zero-order valence-corrected chi connectivity index (χ0v) is 36.8. The molecule has 0 aromatic heterocycles. The molecular formula is C45H37F8N5O5S2. The fourth-order valence-corrected chi connectivity index (χ4v) is 7.10. The molecule has 0 atom stereocenters. The monoisotopic (exact) mass is 943 g/mol. The number of carboxylic acid groups (broad SMARTS) is 1. The van der Waals surface area contributed by atoms with Crippen LogP contribution in [0, 0.1) is 50.4 Å². The van der Waals surface area contributed by atoms with Crippen LogP contribution in [0.1, 0.15) is 103 Å². The first-order valence-electron chi connectivity index (χ1n) is 19.0. The van der Waals surface area contributed by atoms with E-state index in [9.17, 15) is 54.3 Å². The van der Waals surface area contributed by atoms with Crippen LogP contribution in [0.4, 0.5) is 46.5 Å². The third-order valence-electron chi connectivity index (χ3n) is 9.65. The van der Waals surface area contributed by atoms with Gasteiger partial charge in [0.2, 0.25) is 0 Å². The number of alkyl halides is 6. The van der Waals surface area contributed by atoms with E-state index in [4.69, 9.17) is 33.1 Å². The number of nitriles is 3. The number of thioether (sulfide) groups is 1. The largest absolute Gasteiger partial charge is 0.481 e. The lowest BCUT2D eigenvalue weighted by molar-refractivity contribution is -0.147. The summed E-state index contributed by atoms with van der Waals surface area (Å²) in [6.07, 6.45) is -8.81. The Morgan fingerprint density at radius 1 is 0.738 bits per heavy atom. The summed E-state index contributed by atoms with van der Waals surface area (Å²) in [5.74, 6) is -3.59. The summed E-state index contributed by atoms with van der Waals surface area (Å²) in [6, 6.07) is 17.0. The molecule has 1 saturated heterocycles. The highest BCUT2D eigenvalue weighted by molar-refractivity contribution is 8.03. The van der Waals surface area contributed by atoms with Crippen molar-refractivity contribution in [3.63, 3.8) is 0 Å². The number of nitrogens with zero attached hydrogens (tertiary/aromatic N) is 5. The summed E-state index contributed by atoms with van der Waals surface area (Å²) in [6.45, 7) is 9.43. The molecule has 1 aliphatic rings. The molecule has 0 radical (unpaired) electrons. The van der Waals surface area contributed by atoms with Crippen molar-refractivity contribution in [3.8, 4) is 17.5 Å². The molecule has 5 rings (SSSR count). The van der Waals surface area contributed by atoms with Crippen molar-refractivity contribution >= 4 is 63.9 Å². The normalized spacial score (nSPS) is 13.3. The van der Waals surface area contributed by atoms with E-state index in [1.165, 1.54) is 67.3 Å². The molecule has 1 aliphatic heterocycles. The van der Waals surface area contributed by atoms with Gasteiger partial charge in [0.1, 0.15) is 22.6 Å². The number of carboxylic acids is 1. The summed E-state index contributed by atoms with van der Waals surface area (Å²) in [7, 11) is 0. The van der Waals surface area contributed by atoms with E-state index in [0.29, 0.717) is 23.4 Å². The Labute approximate surface area is 377 Å². The summed E-state index contributed by atoms with van der Waals surface area (Å²) < 4.78 is 106. The Kier molecular flexibility index (Phi) is 16.9. The van der Waals surface area contributed by atoms with Crippen LogP contribution in [0.3, 0.4) is 0 Å². The molecule has 10 nitrogen and oxygen atoms in total. The number of Topliss-reactive ketones (excluding diaryl/α,β-unsaturated/α-hetero) is 2. The Morgan fingerprint density at radius 2 is 1.22 bits per heavy atom. The molecule has 4 aromatic carbocycles. The number of hydrogen-bond donors (Lipinski definition) is 1. The topological polar surface area (TPSA) is 166 Å². The van der Waals surface area contributed by atoms with Crippen LogP contribution in [-0.2, 0) is 28.4 Å². The quantitative estimate of drug-likeness (QED) is 0.0528. The lowest BCUT2D eigenvalue weighted by Crippen LogP contribution is -2.44. The molecule has 0 unspecified atom stereocenters. The zero-order valence-electron chi connectivity index (χ0n) is 35.2. The predicted octanol–water partition coefficient (Wildman–Crippen LogP) is 11.4. The number of hydrogen-bond acceptors (Lipinski definition) is 9. The van der Waals surface area contributed by atoms with Gasteiger partial charge < -0.3 is 10.0 Å². The highest BCUT2D eigenvalue weighted by Gasteiger charge is 2.51. The molecule has 0 spiro atoms. The summed E-state index contributed by atoms with van der Waals surface area (Å²) >= 11 is 6.02. The number of ketones is 2. The third kappa shape index (κ3) is 12.3. The van der Waals surface area contributed by atoms with Gasteiger partial charge in [-0.05, 0) is 130 Å². The van der Waals surface area contributed by atoms with Crippen molar-refractivity contribution < 1.29 is 59.4 Å². The van der Waals surface area contributed by atoms with Gasteiger partial charge in [-0.3, -0.25) is 24.1 Å². The fourth-order valence-electron chi connectivity index (χ4n) is 6.16. The molecule has 0 saturated carbocycles. The van der Waals surface area contributed by atoms with E-state index in [-0.39, 0.29) is 57.6 Å². The Hall–Kier alpha value is -6.69. The van der Waals surface area contributed by atoms with Gasteiger partial charge in [0.05, 0.1) is 56.6 Å². The molecule has 1 heterocycles. The number of rotatable bonds is 10. The maximum absolute atomic E-state index is 14.6. The molecule has 20 heteroatoms. The Morgan fingerprint density at radius 3 is 1.66 bits per heavy atom. The van der Waals surface area contributed by atoms with E-state index in [1.54, 1.807) is 39.2 Å². The number of aliphatic carboxylic acids is 1. The SMILES string of the molecule is CCC(=O)c1ccc(CC(C)(C)C(=O)O)cc1F.CCC(=O)c1ccc(N2C(=S)N(c3ccc(C#N)c(C(F)(F)F)c3)C(=O)C2(C)C)cc1F.N#CSc1ccc(C#N)c(C(F)(F)F)c1. The molecular weight excluding hydrogens is 907 g/mol. The molecule has 4 aromatic rings. The van der Waals surface area contributed by atoms with Crippen LogP contribution in [0.15, 0.2) is 77.7 Å². The van der Waals surface area contributed by atoms with E-state index in [1.807, 2.05) is 0 Å². The molecule has 0 aliphatic carbocycles. The number of thiocyanates is 1. The highest BCUT2D eigenvalue weighted by atomic mass is 32.2. The van der Waals surface area contributed by atoms with E-state index in [0.717, 1.165) is 29.2 Å². The second kappa shape index (κ2) is 20.9. The van der Waals surface area contributed by atoms with Gasteiger partial charge in [-0.1, -0.05) is 19.9 Å². The maximum atomic E-state index is 14.6. The van der Waals surface area contributed by atoms with E-state index in [2.05, 4.69) is 0 Å². The fraction of sp³-hybridized carbons (Fsp3) is 0.289. The molecule has 1 amide bonds. The van der Waals surface area contributed by atoms with Crippen LogP contribution in [0.2, 0.25) is 0 Å². The van der Waals surface area contributed by atoms with Gasteiger partial charge in [0.15, 0.2) is 16.7 Å². The smallest absolute Gasteiger partial charge is 0.417 e. The van der Waals surface area contributed by atoms with Gasteiger partial charge in [-0.2, -0.15) is 42.1 Å². The minimum absolute atomic E-state index is 0.0642. The number of halogens is 8. The van der Waals surface area contributed by atoms with Crippen LogP contribution in [-0.4, -0.2) is 39.2 Å². The van der Waals surface area contributed by atoms with E-state index < -0.39 is 74.9 Å². The standard InChI is InChI=1S/C22H17F4N3O2S.C14H17FO3.C9H3F3N2S/c1-4-18(30)15-8-7-14(10-17(15)23)29-20(32)28(19(31)21(29,2)3)13-6-5-12(11-27)16(9-13)22(24,25)26;1-4-12(16)10-6-5-9(7-11(10)15)8-14(2,3)13(17)18;10-9(11,12)8-3-7(15-5-14)2-1-6(8)4-13/h5-10H,4H2,1-3H3;5-7H,4,8H2,1-3H3,(H,17,18);1-3H. The van der Waals surface area contributed by atoms with Gasteiger partial charge in [0, 0.05) is 23.4 Å². The zero-order chi connectivity index (χ0) is 49.4. The number of amides is 1.